The minimum Gasteiger partial charge on any atom is -0.466 e. The van der Waals surface area contributed by atoms with Gasteiger partial charge in [-0.05, 0) is 31.5 Å². The van der Waals surface area contributed by atoms with Gasteiger partial charge in [0, 0.05) is 10.9 Å². The topological polar surface area (TPSA) is 52.6 Å². The van der Waals surface area contributed by atoms with Crippen molar-refractivity contribution < 1.29 is 19.1 Å². The van der Waals surface area contributed by atoms with E-state index in [1.54, 1.807) is 26.0 Å². The fourth-order valence-corrected chi connectivity index (χ4v) is 2.01. The first-order valence-corrected chi connectivity index (χ1v) is 7.01. The minimum atomic E-state index is -0.322. The highest BCUT2D eigenvalue weighted by Crippen LogP contribution is 2.26. The maximum absolute atomic E-state index is 11.6. The summed E-state index contributed by atoms with van der Waals surface area (Å²) in [5, 5.41) is 0.611. The van der Waals surface area contributed by atoms with Crippen LogP contribution in [0.1, 0.15) is 38.2 Å². The highest BCUT2D eigenvalue weighted by atomic mass is 35.5. The zero-order valence-corrected chi connectivity index (χ0v) is 12.5. The van der Waals surface area contributed by atoms with E-state index in [9.17, 15) is 9.59 Å². The Morgan fingerprint density at radius 1 is 1.00 bits per heavy atom. The first-order chi connectivity index (χ1) is 9.56. The Balaban J connectivity index is 2.80. The first-order valence-electron chi connectivity index (χ1n) is 6.63. The van der Waals surface area contributed by atoms with Crippen molar-refractivity contribution in [3.05, 3.63) is 34.9 Å². The van der Waals surface area contributed by atoms with Crippen molar-refractivity contribution in [2.45, 2.75) is 32.6 Å². The van der Waals surface area contributed by atoms with Gasteiger partial charge in [-0.25, -0.2) is 0 Å². The van der Waals surface area contributed by atoms with Crippen LogP contribution in [0.3, 0.4) is 0 Å². The van der Waals surface area contributed by atoms with Crippen molar-refractivity contribution in [3.63, 3.8) is 0 Å². The lowest BCUT2D eigenvalue weighted by Crippen LogP contribution is -2.15. The van der Waals surface area contributed by atoms with Crippen LogP contribution in [0.4, 0.5) is 0 Å². The molecule has 20 heavy (non-hydrogen) atoms. The molecule has 0 amide bonds. The van der Waals surface area contributed by atoms with E-state index in [2.05, 4.69) is 0 Å². The van der Waals surface area contributed by atoms with E-state index >= 15 is 0 Å². The second-order valence-electron chi connectivity index (χ2n) is 4.27. The fourth-order valence-electron chi connectivity index (χ4n) is 1.89. The summed E-state index contributed by atoms with van der Waals surface area (Å²) in [6.07, 6.45) is 0.294. The van der Waals surface area contributed by atoms with Crippen molar-refractivity contribution in [3.8, 4) is 0 Å². The number of benzene rings is 1. The lowest BCUT2D eigenvalue weighted by atomic mass is 9.92. The lowest BCUT2D eigenvalue weighted by Gasteiger charge is -2.16. The maximum Gasteiger partial charge on any atom is 0.306 e. The van der Waals surface area contributed by atoms with Gasteiger partial charge in [-0.2, -0.15) is 0 Å². The van der Waals surface area contributed by atoms with E-state index < -0.39 is 0 Å². The Labute approximate surface area is 124 Å². The van der Waals surface area contributed by atoms with Gasteiger partial charge in [-0.15, -0.1) is 0 Å². The normalized spacial score (nSPS) is 10.4. The quantitative estimate of drug-likeness (QED) is 0.725. The van der Waals surface area contributed by atoms with Gasteiger partial charge >= 0.3 is 11.9 Å². The molecular formula is C15H19ClO4. The average Bonchev–Trinajstić information content (AvgIpc) is 2.39. The molecule has 0 N–H and O–H groups in total. The van der Waals surface area contributed by atoms with Gasteiger partial charge in [-0.3, -0.25) is 9.59 Å². The zero-order valence-electron chi connectivity index (χ0n) is 11.7. The average molecular weight is 299 g/mol. The largest absolute Gasteiger partial charge is 0.466 e. The van der Waals surface area contributed by atoms with E-state index in [-0.39, 0.29) is 30.7 Å². The third-order valence-electron chi connectivity index (χ3n) is 2.78. The molecule has 0 saturated heterocycles. The highest BCUT2D eigenvalue weighted by molar-refractivity contribution is 6.30. The van der Waals surface area contributed by atoms with Gasteiger partial charge in [0.1, 0.15) is 0 Å². The molecule has 0 aliphatic heterocycles. The van der Waals surface area contributed by atoms with Crippen molar-refractivity contribution >= 4 is 23.5 Å². The molecule has 1 aromatic rings. The summed E-state index contributed by atoms with van der Waals surface area (Å²) in [5.74, 6) is -0.904. The molecular weight excluding hydrogens is 280 g/mol. The van der Waals surface area contributed by atoms with Crippen LogP contribution < -0.4 is 0 Å². The predicted molar refractivity (Wildman–Crippen MR) is 76.7 cm³/mol. The second-order valence-corrected chi connectivity index (χ2v) is 4.70. The molecule has 0 saturated carbocycles. The predicted octanol–water partition coefficient (Wildman–Crippen LogP) is 3.33. The van der Waals surface area contributed by atoms with Gasteiger partial charge in [0.2, 0.25) is 0 Å². The van der Waals surface area contributed by atoms with Crippen molar-refractivity contribution in [1.29, 1.82) is 0 Å². The maximum atomic E-state index is 11.6. The number of esters is 2. The summed E-state index contributed by atoms with van der Waals surface area (Å²) >= 11 is 5.84. The van der Waals surface area contributed by atoms with Gasteiger partial charge in [-0.1, -0.05) is 23.7 Å². The summed E-state index contributed by atoms with van der Waals surface area (Å²) in [6.45, 7) is 4.15. The van der Waals surface area contributed by atoms with Crippen molar-refractivity contribution in [2.24, 2.45) is 0 Å². The monoisotopic (exact) mass is 298 g/mol. The van der Waals surface area contributed by atoms with Crippen LogP contribution in [0.15, 0.2) is 24.3 Å². The highest BCUT2D eigenvalue weighted by Gasteiger charge is 2.21. The SMILES string of the molecule is CCOC(=O)CC(CC(=O)OCC)c1ccc(Cl)cc1. The molecule has 0 unspecified atom stereocenters. The Bertz CT molecular complexity index is 422. The Morgan fingerprint density at radius 2 is 1.45 bits per heavy atom. The number of halogens is 1. The van der Waals surface area contributed by atoms with Crippen molar-refractivity contribution in [1.82, 2.24) is 0 Å². The molecule has 0 atom stereocenters. The van der Waals surface area contributed by atoms with Crippen LogP contribution in [0.25, 0.3) is 0 Å². The number of carbonyl (C=O) groups is 2. The second kappa shape index (κ2) is 8.59. The van der Waals surface area contributed by atoms with Crippen LogP contribution >= 0.6 is 11.6 Å². The van der Waals surface area contributed by atoms with Gasteiger partial charge in [0.05, 0.1) is 26.1 Å². The molecule has 0 fully saturated rings. The van der Waals surface area contributed by atoms with Crippen LogP contribution in [0.5, 0.6) is 0 Å². The lowest BCUT2D eigenvalue weighted by molar-refractivity contribution is -0.145. The summed E-state index contributed by atoms with van der Waals surface area (Å²) in [4.78, 5) is 23.3. The van der Waals surface area contributed by atoms with Gasteiger partial charge in [0.25, 0.3) is 0 Å². The summed E-state index contributed by atoms with van der Waals surface area (Å²) in [7, 11) is 0. The molecule has 0 heterocycles. The molecule has 4 nitrogen and oxygen atoms in total. The van der Waals surface area contributed by atoms with Crippen LogP contribution in [0.2, 0.25) is 5.02 Å². The van der Waals surface area contributed by atoms with E-state index in [4.69, 9.17) is 21.1 Å². The Kier molecular flexibility index (Phi) is 7.09. The molecule has 5 heteroatoms. The molecule has 110 valence electrons. The smallest absolute Gasteiger partial charge is 0.306 e. The number of rotatable bonds is 7. The first kappa shape index (κ1) is 16.5. The molecule has 0 bridgehead atoms. The Morgan fingerprint density at radius 3 is 1.85 bits per heavy atom. The molecule has 1 aromatic carbocycles. The van der Waals surface area contributed by atoms with Crippen molar-refractivity contribution in [2.75, 3.05) is 13.2 Å². The Hall–Kier alpha value is -1.55. The third-order valence-corrected chi connectivity index (χ3v) is 3.03. The van der Waals surface area contributed by atoms with E-state index in [1.165, 1.54) is 0 Å². The van der Waals surface area contributed by atoms with Crippen LogP contribution in [-0.2, 0) is 19.1 Å². The fraction of sp³-hybridized carbons (Fsp3) is 0.467. The molecule has 0 aromatic heterocycles. The van der Waals surface area contributed by atoms with Gasteiger partial charge in [0.15, 0.2) is 0 Å². The number of carbonyl (C=O) groups excluding carboxylic acids is 2. The number of ether oxygens (including phenoxy) is 2. The van der Waals surface area contributed by atoms with E-state index in [1.807, 2.05) is 12.1 Å². The minimum absolute atomic E-state index is 0.147. The molecule has 0 aliphatic carbocycles. The number of hydrogen-bond acceptors (Lipinski definition) is 4. The molecule has 1 rings (SSSR count). The number of hydrogen-bond donors (Lipinski definition) is 0. The summed E-state index contributed by atoms with van der Waals surface area (Å²) < 4.78 is 9.88. The van der Waals surface area contributed by atoms with Crippen LogP contribution in [-0.4, -0.2) is 25.2 Å². The zero-order chi connectivity index (χ0) is 15.0. The molecule has 0 spiro atoms. The molecule has 0 aliphatic rings. The van der Waals surface area contributed by atoms with E-state index in [0.717, 1.165) is 5.56 Å². The van der Waals surface area contributed by atoms with Crippen LogP contribution in [0, 0.1) is 0 Å². The summed E-state index contributed by atoms with van der Waals surface area (Å²) in [5.41, 5.74) is 0.871. The molecule has 0 radical (unpaired) electrons. The summed E-state index contributed by atoms with van der Waals surface area (Å²) in [6, 6.07) is 7.09. The third kappa shape index (κ3) is 5.61. The van der Waals surface area contributed by atoms with Gasteiger partial charge < -0.3 is 9.47 Å². The van der Waals surface area contributed by atoms with E-state index in [0.29, 0.717) is 18.2 Å². The standard InChI is InChI=1S/C15H19ClO4/c1-3-19-14(17)9-12(10-15(18)20-4-2)11-5-7-13(16)8-6-11/h5-8,12H,3-4,9-10H2,1-2H3.